The molecule has 6 nitrogen and oxygen atoms in total. The Labute approximate surface area is 144 Å². The largest absolute Gasteiger partial charge is 0.506 e. The maximum atomic E-state index is 13.2. The normalized spacial score (nSPS) is 11.8. The van der Waals surface area contributed by atoms with Gasteiger partial charge < -0.3 is 23.7 Å². The third-order valence-corrected chi connectivity index (χ3v) is 3.97. The molecule has 1 aromatic heterocycles. The summed E-state index contributed by atoms with van der Waals surface area (Å²) in [5.74, 6) is -2.50. The number of furan rings is 1. The summed E-state index contributed by atoms with van der Waals surface area (Å²) in [4.78, 5) is 12.1. The number of carbonyl (C=O) groups is 1. The molecule has 1 N–H and O–H groups in total. The van der Waals surface area contributed by atoms with Crippen molar-refractivity contribution in [1.82, 2.24) is 0 Å². The maximum absolute atomic E-state index is 13.2. The van der Waals surface area contributed by atoms with Gasteiger partial charge in [-0.25, -0.2) is 0 Å². The molecule has 0 bridgehead atoms. The van der Waals surface area contributed by atoms with E-state index in [9.17, 15) is 23.1 Å². The summed E-state index contributed by atoms with van der Waals surface area (Å²) in [6, 6.07) is 2.42. The molecule has 2 aromatic carbocycles. The number of halogens is 3. The number of rotatable bonds is 4. The third-order valence-electron chi connectivity index (χ3n) is 3.97. The molecule has 0 spiro atoms. The molecule has 0 unspecified atom stereocenters. The first-order chi connectivity index (χ1) is 12.3. The van der Waals surface area contributed by atoms with Crippen molar-refractivity contribution in [3.05, 3.63) is 24.0 Å². The van der Waals surface area contributed by atoms with Gasteiger partial charge >= 0.3 is 6.18 Å². The van der Waals surface area contributed by atoms with Gasteiger partial charge in [-0.1, -0.05) is 0 Å². The Bertz CT molecular complexity index is 1020. The van der Waals surface area contributed by atoms with Crippen LogP contribution in [0.2, 0.25) is 0 Å². The first kappa shape index (κ1) is 17.7. The van der Waals surface area contributed by atoms with E-state index in [1.54, 1.807) is 0 Å². The zero-order valence-corrected chi connectivity index (χ0v) is 13.9. The van der Waals surface area contributed by atoms with Gasteiger partial charge in [-0.05, 0) is 12.1 Å². The Morgan fingerprint density at radius 3 is 2.27 bits per heavy atom. The number of ether oxygens (including phenoxy) is 3. The first-order valence-electron chi connectivity index (χ1n) is 7.22. The second kappa shape index (κ2) is 6.01. The van der Waals surface area contributed by atoms with E-state index in [-0.39, 0.29) is 39.0 Å². The molecule has 9 heteroatoms. The molecule has 0 amide bonds. The number of fused-ring (bicyclic) bond motifs is 2. The highest BCUT2D eigenvalue weighted by atomic mass is 19.4. The molecule has 0 aliphatic carbocycles. The lowest BCUT2D eigenvalue weighted by Crippen LogP contribution is -2.23. The summed E-state index contributed by atoms with van der Waals surface area (Å²) in [5, 5.41) is 10.2. The number of aromatic hydroxyl groups is 1. The lowest BCUT2D eigenvalue weighted by atomic mass is 9.96. The van der Waals surface area contributed by atoms with E-state index in [0.717, 1.165) is 12.3 Å². The van der Waals surface area contributed by atoms with Crippen molar-refractivity contribution in [2.75, 3.05) is 21.3 Å². The number of methoxy groups -OCH3 is 3. The fraction of sp³-hybridized carbons (Fsp3) is 0.235. The molecule has 138 valence electrons. The summed E-state index contributed by atoms with van der Waals surface area (Å²) in [7, 11) is 3.84. The van der Waals surface area contributed by atoms with Crippen LogP contribution < -0.4 is 14.2 Å². The van der Waals surface area contributed by atoms with Crippen LogP contribution in [0.5, 0.6) is 23.0 Å². The fourth-order valence-electron chi connectivity index (χ4n) is 2.90. The Morgan fingerprint density at radius 2 is 1.73 bits per heavy atom. The highest BCUT2D eigenvalue weighted by Gasteiger charge is 2.43. The van der Waals surface area contributed by atoms with Crippen LogP contribution in [0.15, 0.2) is 22.8 Å². The van der Waals surface area contributed by atoms with Gasteiger partial charge in [0.05, 0.1) is 43.9 Å². The van der Waals surface area contributed by atoms with Gasteiger partial charge in [0.2, 0.25) is 5.75 Å². The number of alkyl halides is 3. The number of phenols is 1. The predicted molar refractivity (Wildman–Crippen MR) is 85.4 cm³/mol. The minimum absolute atomic E-state index is 0.0263. The van der Waals surface area contributed by atoms with Crippen molar-refractivity contribution >= 4 is 27.5 Å². The number of Topliss-reactive ketones (excluding diaryl/α,β-unsaturated/α-hetero) is 1. The topological polar surface area (TPSA) is 78.1 Å². The number of phenolic OH excluding ortho intramolecular Hbond substituents is 1. The second-order valence-electron chi connectivity index (χ2n) is 5.28. The van der Waals surface area contributed by atoms with Gasteiger partial charge in [0.15, 0.2) is 11.5 Å². The molecular weight excluding hydrogens is 357 g/mol. The number of benzene rings is 2. The van der Waals surface area contributed by atoms with E-state index < -0.39 is 23.3 Å². The van der Waals surface area contributed by atoms with Crippen molar-refractivity contribution in [2.45, 2.75) is 6.18 Å². The van der Waals surface area contributed by atoms with Crippen LogP contribution in [0.25, 0.3) is 21.7 Å². The summed E-state index contributed by atoms with van der Waals surface area (Å²) in [6.45, 7) is 0. The lowest BCUT2D eigenvalue weighted by Gasteiger charge is -2.18. The van der Waals surface area contributed by atoms with E-state index in [2.05, 4.69) is 0 Å². The number of hydrogen-bond acceptors (Lipinski definition) is 6. The van der Waals surface area contributed by atoms with Crippen molar-refractivity contribution in [1.29, 1.82) is 0 Å². The molecule has 0 aliphatic rings. The minimum atomic E-state index is -5.15. The summed E-state index contributed by atoms with van der Waals surface area (Å²) in [5.41, 5.74) is -1.13. The van der Waals surface area contributed by atoms with Gasteiger partial charge in [-0.2, -0.15) is 13.2 Å². The van der Waals surface area contributed by atoms with Crippen molar-refractivity contribution in [3.8, 4) is 23.0 Å². The quantitative estimate of drug-likeness (QED) is 0.698. The third kappa shape index (κ3) is 2.39. The van der Waals surface area contributed by atoms with E-state index in [1.165, 1.54) is 27.4 Å². The monoisotopic (exact) mass is 370 g/mol. The van der Waals surface area contributed by atoms with Gasteiger partial charge in [0.1, 0.15) is 11.3 Å². The van der Waals surface area contributed by atoms with Crippen LogP contribution >= 0.6 is 0 Å². The molecule has 0 radical (unpaired) electrons. The molecule has 0 fully saturated rings. The minimum Gasteiger partial charge on any atom is -0.506 e. The molecule has 0 atom stereocenters. The highest BCUT2D eigenvalue weighted by molar-refractivity contribution is 6.23. The standard InChI is InChI=1S/C17H13F3O6/c1-23-9-6-8-10(15(25-3)14(9)24-2)12(21)7-4-5-26-13(7)11(8)16(22)17(18,19)20/h4-6,21H,1-3H3. The van der Waals surface area contributed by atoms with E-state index in [1.807, 2.05) is 0 Å². The molecule has 1 heterocycles. The van der Waals surface area contributed by atoms with Crippen molar-refractivity contribution < 1.29 is 41.7 Å². The number of ketones is 1. The van der Waals surface area contributed by atoms with Crippen LogP contribution in [-0.2, 0) is 0 Å². The molecule has 3 rings (SSSR count). The predicted octanol–water partition coefficient (Wildman–Crippen LogP) is 4.06. The van der Waals surface area contributed by atoms with E-state index in [0.29, 0.717) is 0 Å². The van der Waals surface area contributed by atoms with Crippen LogP contribution in [0.3, 0.4) is 0 Å². The molecular formula is C17H13F3O6. The number of hydrogen-bond donors (Lipinski definition) is 1. The molecule has 0 aliphatic heterocycles. The van der Waals surface area contributed by atoms with Gasteiger partial charge in [0, 0.05) is 5.39 Å². The van der Waals surface area contributed by atoms with Crippen LogP contribution in [0.4, 0.5) is 13.2 Å². The zero-order chi connectivity index (χ0) is 19.2. The summed E-state index contributed by atoms with van der Waals surface area (Å²) in [6.07, 6.45) is -4.07. The summed E-state index contributed by atoms with van der Waals surface area (Å²) >= 11 is 0. The zero-order valence-electron chi connectivity index (χ0n) is 13.9. The smallest absolute Gasteiger partial charge is 0.455 e. The van der Waals surface area contributed by atoms with Gasteiger partial charge in [-0.15, -0.1) is 0 Å². The molecule has 3 aromatic rings. The molecule has 26 heavy (non-hydrogen) atoms. The maximum Gasteiger partial charge on any atom is 0.455 e. The first-order valence-corrected chi connectivity index (χ1v) is 7.22. The fourth-order valence-corrected chi connectivity index (χ4v) is 2.90. The second-order valence-corrected chi connectivity index (χ2v) is 5.28. The van der Waals surface area contributed by atoms with Gasteiger partial charge in [-0.3, -0.25) is 4.79 Å². The Hall–Kier alpha value is -3.10. The average molecular weight is 370 g/mol. The average Bonchev–Trinajstić information content (AvgIpc) is 3.08. The van der Waals surface area contributed by atoms with Crippen LogP contribution in [-0.4, -0.2) is 38.4 Å². The molecule has 0 saturated heterocycles. The number of carbonyl (C=O) groups excluding carboxylic acids is 1. The highest BCUT2D eigenvalue weighted by Crippen LogP contribution is 2.51. The lowest BCUT2D eigenvalue weighted by molar-refractivity contribution is -0.0883. The van der Waals surface area contributed by atoms with Gasteiger partial charge in [0.25, 0.3) is 5.78 Å². The van der Waals surface area contributed by atoms with Crippen molar-refractivity contribution in [3.63, 3.8) is 0 Å². The Balaban J connectivity index is 2.62. The van der Waals surface area contributed by atoms with Crippen LogP contribution in [0.1, 0.15) is 10.4 Å². The Kier molecular flexibility index (Phi) is 4.09. The van der Waals surface area contributed by atoms with Crippen LogP contribution in [0, 0.1) is 0 Å². The SMILES string of the molecule is COc1cc2c(C(=O)C(F)(F)F)c3occc3c(O)c2c(OC)c1OC. The molecule has 0 saturated carbocycles. The van der Waals surface area contributed by atoms with Crippen molar-refractivity contribution in [2.24, 2.45) is 0 Å². The Morgan fingerprint density at radius 1 is 1.08 bits per heavy atom. The van der Waals surface area contributed by atoms with E-state index in [4.69, 9.17) is 18.6 Å². The van der Waals surface area contributed by atoms with E-state index >= 15 is 0 Å². The summed E-state index contributed by atoms with van der Waals surface area (Å²) < 4.78 is 60.1.